The second-order valence-electron chi connectivity index (χ2n) is 8.08. The standard InChI is InChI=1S/C25H42N2O4.ClH/c1-4-7-10-11-20-27(23-15-13-22(14-16-23)24(28)29)25(30)31-21-12-19-26(17-8-5-2)18-9-6-3;/h13-16H,4-12,17-21H2,1-3H3,(H,28,29);1H. The number of amides is 1. The maximum absolute atomic E-state index is 12.8. The predicted molar refractivity (Wildman–Crippen MR) is 134 cm³/mol. The molecule has 0 saturated carbocycles. The van der Waals surface area contributed by atoms with Gasteiger partial charge >= 0.3 is 12.1 Å². The number of aromatic carboxylic acids is 1. The molecular weight excluding hydrogens is 428 g/mol. The molecule has 1 aromatic carbocycles. The molecule has 0 atom stereocenters. The summed E-state index contributed by atoms with van der Waals surface area (Å²) in [4.78, 5) is 28.0. The fraction of sp³-hybridized carbons (Fsp3) is 0.680. The summed E-state index contributed by atoms with van der Waals surface area (Å²) in [5.74, 6) is -0.973. The fourth-order valence-electron chi connectivity index (χ4n) is 3.43. The first kappa shape index (κ1) is 30.2. The van der Waals surface area contributed by atoms with Crippen LogP contribution >= 0.6 is 12.4 Å². The average molecular weight is 471 g/mol. The Morgan fingerprint density at radius 3 is 1.88 bits per heavy atom. The molecule has 1 aromatic rings. The molecule has 0 unspecified atom stereocenters. The van der Waals surface area contributed by atoms with Crippen LogP contribution in [0.15, 0.2) is 24.3 Å². The quantitative estimate of drug-likeness (QED) is 0.259. The van der Waals surface area contributed by atoms with Crippen molar-refractivity contribution in [2.75, 3.05) is 37.7 Å². The van der Waals surface area contributed by atoms with Gasteiger partial charge in [-0.2, -0.15) is 0 Å². The van der Waals surface area contributed by atoms with Crippen LogP contribution in [0.5, 0.6) is 0 Å². The lowest BCUT2D eigenvalue weighted by Gasteiger charge is -2.24. The van der Waals surface area contributed by atoms with Gasteiger partial charge in [0.1, 0.15) is 0 Å². The van der Waals surface area contributed by atoms with Crippen molar-refractivity contribution >= 4 is 30.2 Å². The lowest BCUT2D eigenvalue weighted by Crippen LogP contribution is -2.33. The predicted octanol–water partition coefficient (Wildman–Crippen LogP) is 6.62. The SMILES string of the molecule is CCCCCCN(C(=O)OCCCN(CCCC)CCCC)c1ccc(C(=O)O)cc1.Cl. The number of rotatable bonds is 17. The second kappa shape index (κ2) is 18.8. The summed E-state index contributed by atoms with van der Waals surface area (Å²) in [6.07, 6.45) is 9.44. The van der Waals surface area contributed by atoms with Gasteiger partial charge in [-0.25, -0.2) is 9.59 Å². The monoisotopic (exact) mass is 470 g/mol. The topological polar surface area (TPSA) is 70.1 Å². The van der Waals surface area contributed by atoms with Crippen LogP contribution in [0, 0.1) is 0 Å². The molecule has 0 saturated heterocycles. The molecule has 1 N–H and O–H groups in total. The number of halogens is 1. The first-order valence-electron chi connectivity index (χ1n) is 12.0. The summed E-state index contributed by atoms with van der Waals surface area (Å²) in [7, 11) is 0. The first-order valence-corrected chi connectivity index (χ1v) is 12.0. The lowest BCUT2D eigenvalue weighted by molar-refractivity contribution is 0.0697. The smallest absolute Gasteiger partial charge is 0.414 e. The zero-order valence-electron chi connectivity index (χ0n) is 20.2. The van der Waals surface area contributed by atoms with Gasteiger partial charge in [-0.05, 0) is 63.0 Å². The first-order chi connectivity index (χ1) is 15.0. The van der Waals surface area contributed by atoms with Gasteiger partial charge in [0, 0.05) is 18.8 Å². The molecule has 6 nitrogen and oxygen atoms in total. The van der Waals surface area contributed by atoms with Crippen LogP contribution in [-0.4, -0.2) is 54.9 Å². The van der Waals surface area contributed by atoms with Crippen LogP contribution in [0.4, 0.5) is 10.5 Å². The number of carboxylic acid groups (broad SMARTS) is 1. The highest BCUT2D eigenvalue weighted by Gasteiger charge is 2.17. The summed E-state index contributed by atoms with van der Waals surface area (Å²) >= 11 is 0. The maximum atomic E-state index is 12.8. The molecular formula is C25H43ClN2O4. The minimum absolute atomic E-state index is 0. The molecule has 0 fully saturated rings. The molecule has 7 heteroatoms. The highest BCUT2D eigenvalue weighted by molar-refractivity contribution is 5.90. The summed E-state index contributed by atoms with van der Waals surface area (Å²) in [6.45, 7) is 10.7. The Kier molecular flexibility index (Phi) is 17.7. The molecule has 0 aromatic heterocycles. The summed E-state index contributed by atoms with van der Waals surface area (Å²) < 4.78 is 5.60. The molecule has 0 aliphatic rings. The number of nitrogens with zero attached hydrogens (tertiary/aromatic N) is 2. The van der Waals surface area contributed by atoms with Crippen molar-refractivity contribution in [2.24, 2.45) is 0 Å². The zero-order chi connectivity index (χ0) is 22.9. The van der Waals surface area contributed by atoms with E-state index in [2.05, 4.69) is 25.7 Å². The van der Waals surface area contributed by atoms with Crippen molar-refractivity contribution in [3.63, 3.8) is 0 Å². The molecule has 0 radical (unpaired) electrons. The zero-order valence-corrected chi connectivity index (χ0v) is 21.0. The van der Waals surface area contributed by atoms with Crippen LogP contribution in [0.2, 0.25) is 0 Å². The van der Waals surface area contributed by atoms with E-state index in [1.165, 1.54) is 37.8 Å². The normalized spacial score (nSPS) is 10.6. The minimum Gasteiger partial charge on any atom is -0.478 e. The van der Waals surface area contributed by atoms with Gasteiger partial charge in [0.05, 0.1) is 12.2 Å². The summed E-state index contributed by atoms with van der Waals surface area (Å²) in [6, 6.07) is 6.43. The Hall–Kier alpha value is -1.79. The largest absolute Gasteiger partial charge is 0.478 e. The molecule has 1 rings (SSSR count). The van der Waals surface area contributed by atoms with E-state index in [0.29, 0.717) is 18.8 Å². The maximum Gasteiger partial charge on any atom is 0.414 e. The fourth-order valence-corrected chi connectivity index (χ4v) is 3.43. The van der Waals surface area contributed by atoms with Crippen LogP contribution in [-0.2, 0) is 4.74 Å². The number of carbonyl (C=O) groups excluding carboxylic acids is 1. The Bertz CT molecular complexity index is 617. The number of anilines is 1. The van der Waals surface area contributed by atoms with E-state index >= 15 is 0 Å². The molecule has 0 aliphatic carbocycles. The van der Waals surface area contributed by atoms with Crippen molar-refractivity contribution in [3.05, 3.63) is 29.8 Å². The average Bonchev–Trinajstić information content (AvgIpc) is 2.78. The Labute approximate surface area is 200 Å². The van der Waals surface area contributed by atoms with Crippen molar-refractivity contribution in [3.8, 4) is 0 Å². The van der Waals surface area contributed by atoms with Gasteiger partial charge in [0.25, 0.3) is 0 Å². The molecule has 0 spiro atoms. The van der Waals surface area contributed by atoms with E-state index in [1.54, 1.807) is 17.0 Å². The van der Waals surface area contributed by atoms with Gasteiger partial charge in [0.2, 0.25) is 0 Å². The second-order valence-corrected chi connectivity index (χ2v) is 8.08. The van der Waals surface area contributed by atoms with Crippen molar-refractivity contribution < 1.29 is 19.4 Å². The summed E-state index contributed by atoms with van der Waals surface area (Å²) in [5.41, 5.74) is 0.890. The van der Waals surface area contributed by atoms with Crippen LogP contribution in [0.1, 0.15) is 88.9 Å². The molecule has 0 aliphatic heterocycles. The van der Waals surface area contributed by atoms with Gasteiger partial charge in [-0.15, -0.1) is 12.4 Å². The lowest BCUT2D eigenvalue weighted by atomic mass is 10.1. The molecule has 0 bridgehead atoms. The number of carboxylic acids is 1. The highest BCUT2D eigenvalue weighted by Crippen LogP contribution is 2.18. The Morgan fingerprint density at radius 1 is 0.781 bits per heavy atom. The number of benzene rings is 1. The molecule has 184 valence electrons. The molecule has 0 heterocycles. The third-order valence-electron chi connectivity index (χ3n) is 5.38. The van der Waals surface area contributed by atoms with E-state index in [4.69, 9.17) is 9.84 Å². The van der Waals surface area contributed by atoms with Crippen LogP contribution < -0.4 is 4.90 Å². The van der Waals surface area contributed by atoms with Crippen LogP contribution in [0.25, 0.3) is 0 Å². The van der Waals surface area contributed by atoms with Gasteiger partial charge in [-0.1, -0.05) is 52.9 Å². The van der Waals surface area contributed by atoms with Gasteiger partial charge in [0.15, 0.2) is 0 Å². The van der Waals surface area contributed by atoms with Crippen LogP contribution in [0.3, 0.4) is 0 Å². The van der Waals surface area contributed by atoms with Crippen molar-refractivity contribution in [1.82, 2.24) is 4.90 Å². The molecule has 32 heavy (non-hydrogen) atoms. The number of ether oxygens (including phenoxy) is 1. The minimum atomic E-state index is -0.973. The molecule has 1 amide bonds. The summed E-state index contributed by atoms with van der Waals surface area (Å²) in [5, 5.41) is 9.11. The number of unbranched alkanes of at least 4 members (excludes halogenated alkanes) is 5. The number of hydrogen-bond acceptors (Lipinski definition) is 4. The third kappa shape index (κ3) is 12.3. The third-order valence-corrected chi connectivity index (χ3v) is 5.38. The number of hydrogen-bond donors (Lipinski definition) is 1. The Balaban J connectivity index is 0.00000961. The van der Waals surface area contributed by atoms with Gasteiger partial charge in [-0.3, -0.25) is 4.90 Å². The van der Waals surface area contributed by atoms with E-state index in [1.807, 2.05) is 0 Å². The number of carbonyl (C=O) groups is 2. The van der Waals surface area contributed by atoms with E-state index < -0.39 is 5.97 Å². The van der Waals surface area contributed by atoms with Crippen molar-refractivity contribution in [1.29, 1.82) is 0 Å². The van der Waals surface area contributed by atoms with E-state index in [-0.39, 0.29) is 24.1 Å². The van der Waals surface area contributed by atoms with E-state index in [0.717, 1.165) is 51.7 Å². The van der Waals surface area contributed by atoms with Gasteiger partial charge < -0.3 is 14.7 Å². The highest BCUT2D eigenvalue weighted by atomic mass is 35.5. The van der Waals surface area contributed by atoms with E-state index in [9.17, 15) is 9.59 Å². The Morgan fingerprint density at radius 2 is 1.34 bits per heavy atom. The van der Waals surface area contributed by atoms with Crippen molar-refractivity contribution in [2.45, 2.75) is 78.6 Å².